The van der Waals surface area contributed by atoms with Crippen LogP contribution in [-0.2, 0) is 16.0 Å². The molecule has 7 heteroatoms. The lowest BCUT2D eigenvalue weighted by Crippen LogP contribution is -2.49. The van der Waals surface area contributed by atoms with E-state index in [-0.39, 0.29) is 24.4 Å². The van der Waals surface area contributed by atoms with E-state index in [9.17, 15) is 14.4 Å². The van der Waals surface area contributed by atoms with Crippen molar-refractivity contribution in [3.63, 3.8) is 0 Å². The maximum Gasteiger partial charge on any atom is 0.326 e. The number of carboxylic acid groups (broad SMARTS) is 1. The van der Waals surface area contributed by atoms with Gasteiger partial charge in [-0.25, -0.2) is 9.59 Å². The van der Waals surface area contributed by atoms with Crippen molar-refractivity contribution < 1.29 is 19.5 Å². The van der Waals surface area contributed by atoms with Crippen molar-refractivity contribution in [3.8, 4) is 0 Å². The topological polar surface area (TPSA) is 108 Å². The van der Waals surface area contributed by atoms with Gasteiger partial charge in [-0.3, -0.25) is 4.79 Å². The zero-order valence-corrected chi connectivity index (χ0v) is 15.2. The van der Waals surface area contributed by atoms with Crippen LogP contribution in [0.1, 0.15) is 50.3 Å². The number of carbonyl (C=O) groups is 3. The summed E-state index contributed by atoms with van der Waals surface area (Å²) >= 11 is 0. The number of carbonyl (C=O) groups excluding carboxylic acids is 2. The minimum Gasteiger partial charge on any atom is -0.480 e. The number of hydrogen-bond acceptors (Lipinski definition) is 3. The molecule has 2 rings (SSSR count). The minimum absolute atomic E-state index is 0.0509. The summed E-state index contributed by atoms with van der Waals surface area (Å²) in [5.74, 6) is -1.25. The van der Waals surface area contributed by atoms with Crippen LogP contribution in [0.4, 0.5) is 4.79 Å². The molecule has 0 spiro atoms. The third-order valence-electron chi connectivity index (χ3n) is 4.42. The molecule has 7 nitrogen and oxygen atoms in total. The standard InChI is InChI=1S/C19H27N3O4/c1-12(2)10-16(18(24)25)22-19(26)20-11-17(23)21-15-9-5-7-13-6-3-4-8-14(13)15/h3-4,6,8,12,15-16H,5,7,9-11H2,1-2H3,(H,21,23)(H,24,25)(H2,20,22,26)/t15-,16-/m1/s1. The molecule has 0 aromatic heterocycles. The van der Waals surface area contributed by atoms with Gasteiger partial charge in [0.1, 0.15) is 6.04 Å². The maximum absolute atomic E-state index is 12.2. The van der Waals surface area contributed by atoms with Crippen LogP contribution in [-0.4, -0.2) is 35.6 Å². The monoisotopic (exact) mass is 361 g/mol. The average Bonchev–Trinajstić information content (AvgIpc) is 2.59. The lowest BCUT2D eigenvalue weighted by atomic mass is 9.88. The molecule has 0 fully saturated rings. The first-order valence-corrected chi connectivity index (χ1v) is 9.01. The molecule has 2 atom stereocenters. The van der Waals surface area contributed by atoms with Crippen LogP contribution in [0, 0.1) is 5.92 Å². The molecule has 26 heavy (non-hydrogen) atoms. The highest BCUT2D eigenvalue weighted by molar-refractivity contribution is 5.86. The predicted molar refractivity (Wildman–Crippen MR) is 97.7 cm³/mol. The van der Waals surface area contributed by atoms with Crippen molar-refractivity contribution in [3.05, 3.63) is 35.4 Å². The molecule has 0 heterocycles. The van der Waals surface area contributed by atoms with Gasteiger partial charge in [-0.1, -0.05) is 38.1 Å². The highest BCUT2D eigenvalue weighted by Gasteiger charge is 2.23. The molecule has 0 saturated carbocycles. The highest BCUT2D eigenvalue weighted by atomic mass is 16.4. The van der Waals surface area contributed by atoms with Crippen LogP contribution in [0.2, 0.25) is 0 Å². The quantitative estimate of drug-likeness (QED) is 0.595. The normalized spacial score (nSPS) is 17.1. The SMILES string of the molecule is CC(C)C[C@@H](NC(=O)NCC(=O)N[C@@H]1CCCc2ccccc21)C(=O)O. The van der Waals surface area contributed by atoms with E-state index in [0.717, 1.165) is 24.8 Å². The van der Waals surface area contributed by atoms with Gasteiger partial charge in [-0.15, -0.1) is 0 Å². The van der Waals surface area contributed by atoms with Gasteiger partial charge in [0.2, 0.25) is 5.91 Å². The van der Waals surface area contributed by atoms with E-state index in [1.165, 1.54) is 5.56 Å². The summed E-state index contributed by atoms with van der Waals surface area (Å²) in [7, 11) is 0. The number of urea groups is 1. The lowest BCUT2D eigenvalue weighted by Gasteiger charge is -2.26. The lowest BCUT2D eigenvalue weighted by molar-refractivity contribution is -0.139. The second kappa shape index (κ2) is 9.22. The molecule has 142 valence electrons. The molecule has 0 saturated heterocycles. The van der Waals surface area contributed by atoms with Gasteiger partial charge in [-0.05, 0) is 42.7 Å². The minimum atomic E-state index is -1.09. The number of aryl methyl sites for hydroxylation is 1. The summed E-state index contributed by atoms with van der Waals surface area (Å²) in [5, 5.41) is 16.9. The summed E-state index contributed by atoms with van der Waals surface area (Å²) < 4.78 is 0. The van der Waals surface area contributed by atoms with Crippen LogP contribution in [0.3, 0.4) is 0 Å². The number of aliphatic carboxylic acids is 1. The Bertz CT molecular complexity index is 660. The van der Waals surface area contributed by atoms with Gasteiger partial charge >= 0.3 is 12.0 Å². The fourth-order valence-electron chi connectivity index (χ4n) is 3.21. The van der Waals surface area contributed by atoms with E-state index >= 15 is 0 Å². The van der Waals surface area contributed by atoms with Crippen molar-refractivity contribution in [2.45, 2.75) is 51.6 Å². The molecule has 4 N–H and O–H groups in total. The third-order valence-corrected chi connectivity index (χ3v) is 4.42. The molecular weight excluding hydrogens is 334 g/mol. The highest BCUT2D eigenvalue weighted by Crippen LogP contribution is 2.29. The number of fused-ring (bicyclic) bond motifs is 1. The van der Waals surface area contributed by atoms with Gasteiger partial charge in [0.25, 0.3) is 0 Å². The van der Waals surface area contributed by atoms with Gasteiger partial charge in [-0.2, -0.15) is 0 Å². The molecule has 1 aromatic rings. The Morgan fingerprint density at radius 2 is 1.96 bits per heavy atom. The molecular formula is C19H27N3O4. The molecule has 3 amide bonds. The summed E-state index contributed by atoms with van der Waals surface area (Å²) in [6.45, 7) is 3.56. The van der Waals surface area contributed by atoms with Gasteiger partial charge < -0.3 is 21.1 Å². The molecule has 1 aliphatic rings. The Balaban J connectivity index is 1.82. The fourth-order valence-corrected chi connectivity index (χ4v) is 3.21. The predicted octanol–water partition coefficient (Wildman–Crippen LogP) is 1.98. The van der Waals surface area contributed by atoms with Crippen molar-refractivity contribution in [1.29, 1.82) is 0 Å². The number of rotatable bonds is 7. The maximum atomic E-state index is 12.2. The van der Waals surface area contributed by atoms with Crippen molar-refractivity contribution >= 4 is 17.9 Å². The van der Waals surface area contributed by atoms with E-state index in [2.05, 4.69) is 22.0 Å². The summed E-state index contributed by atoms with van der Waals surface area (Å²) in [6.07, 6.45) is 3.21. The Morgan fingerprint density at radius 3 is 2.65 bits per heavy atom. The van der Waals surface area contributed by atoms with Gasteiger partial charge in [0.05, 0.1) is 12.6 Å². The van der Waals surface area contributed by atoms with Crippen LogP contribution in [0.25, 0.3) is 0 Å². The Kier molecular flexibility index (Phi) is 7.00. The summed E-state index contributed by atoms with van der Waals surface area (Å²) in [4.78, 5) is 35.2. The van der Waals surface area contributed by atoms with Crippen LogP contribution in [0.5, 0.6) is 0 Å². The second-order valence-corrected chi connectivity index (χ2v) is 7.06. The molecule has 1 aliphatic carbocycles. The zero-order valence-electron chi connectivity index (χ0n) is 15.2. The molecule has 0 unspecified atom stereocenters. The Hall–Kier alpha value is -2.57. The summed E-state index contributed by atoms with van der Waals surface area (Å²) in [5.41, 5.74) is 2.37. The number of benzene rings is 1. The number of nitrogens with one attached hydrogen (secondary N) is 3. The first-order valence-electron chi connectivity index (χ1n) is 9.01. The van der Waals surface area contributed by atoms with E-state index in [0.29, 0.717) is 6.42 Å². The van der Waals surface area contributed by atoms with Crippen LogP contribution in [0.15, 0.2) is 24.3 Å². The van der Waals surface area contributed by atoms with E-state index < -0.39 is 18.0 Å². The third kappa shape index (κ3) is 5.75. The van der Waals surface area contributed by atoms with Crippen LogP contribution >= 0.6 is 0 Å². The van der Waals surface area contributed by atoms with Gasteiger partial charge in [0, 0.05) is 0 Å². The van der Waals surface area contributed by atoms with Crippen molar-refractivity contribution in [2.75, 3.05) is 6.54 Å². The number of amides is 3. The Labute approximate surface area is 153 Å². The summed E-state index contributed by atoms with van der Waals surface area (Å²) in [6, 6.07) is 6.36. The van der Waals surface area contributed by atoms with Crippen molar-refractivity contribution in [1.82, 2.24) is 16.0 Å². The largest absolute Gasteiger partial charge is 0.480 e. The zero-order chi connectivity index (χ0) is 19.1. The van der Waals surface area contributed by atoms with E-state index in [1.807, 2.05) is 32.0 Å². The smallest absolute Gasteiger partial charge is 0.326 e. The molecule has 0 bridgehead atoms. The first-order chi connectivity index (χ1) is 12.4. The number of hydrogen-bond donors (Lipinski definition) is 4. The molecule has 0 radical (unpaired) electrons. The van der Waals surface area contributed by atoms with Crippen molar-refractivity contribution in [2.24, 2.45) is 5.92 Å². The van der Waals surface area contributed by atoms with E-state index in [1.54, 1.807) is 0 Å². The molecule has 1 aromatic carbocycles. The van der Waals surface area contributed by atoms with E-state index in [4.69, 9.17) is 5.11 Å². The first kappa shape index (κ1) is 19.8. The Morgan fingerprint density at radius 1 is 1.23 bits per heavy atom. The van der Waals surface area contributed by atoms with Crippen LogP contribution < -0.4 is 16.0 Å². The fraction of sp³-hybridized carbons (Fsp3) is 0.526. The molecule has 0 aliphatic heterocycles. The number of carboxylic acids is 1. The van der Waals surface area contributed by atoms with Gasteiger partial charge in [0.15, 0.2) is 0 Å². The second-order valence-electron chi connectivity index (χ2n) is 7.06. The average molecular weight is 361 g/mol.